The van der Waals surface area contributed by atoms with Gasteiger partial charge in [-0.3, -0.25) is 9.55 Å². The predicted molar refractivity (Wildman–Crippen MR) is 97.4 cm³/mol. The molecule has 0 unspecified atom stereocenters. The van der Waals surface area contributed by atoms with Crippen LogP contribution in [-0.4, -0.2) is 32.3 Å². The average molecular weight is 338 g/mol. The lowest BCUT2D eigenvalue weighted by atomic mass is 10.1. The summed E-state index contributed by atoms with van der Waals surface area (Å²) in [5.41, 5.74) is 6.08. The first kappa shape index (κ1) is 17.0. The molecule has 3 aromatic rings. The molecule has 3 rings (SSSR count). The Labute approximate surface area is 146 Å². The molecular formula is C19H22N4O2. The number of aromatic nitrogens is 3. The van der Waals surface area contributed by atoms with E-state index in [1.807, 2.05) is 26.0 Å². The van der Waals surface area contributed by atoms with Gasteiger partial charge in [-0.25, -0.2) is 9.78 Å². The lowest BCUT2D eigenvalue weighted by molar-refractivity contribution is 0.194. The topological polar surface area (TPSA) is 80.0 Å². The summed E-state index contributed by atoms with van der Waals surface area (Å²) in [5, 5.41) is 11.0. The first-order valence-corrected chi connectivity index (χ1v) is 8.41. The molecule has 0 spiro atoms. The van der Waals surface area contributed by atoms with E-state index in [1.165, 1.54) is 0 Å². The van der Waals surface area contributed by atoms with Gasteiger partial charge in [-0.2, -0.15) is 0 Å². The van der Waals surface area contributed by atoms with Crippen LogP contribution in [0, 0.1) is 13.8 Å². The Bertz CT molecular complexity index is 913. The van der Waals surface area contributed by atoms with E-state index in [4.69, 9.17) is 10.1 Å². The van der Waals surface area contributed by atoms with Crippen molar-refractivity contribution in [3.8, 4) is 5.69 Å². The number of carboxylic acid groups (broad SMARTS) is 1. The molecule has 2 N–H and O–H groups in total. The zero-order chi connectivity index (χ0) is 18.0. The number of pyridine rings is 1. The summed E-state index contributed by atoms with van der Waals surface area (Å²) >= 11 is 0. The van der Waals surface area contributed by atoms with Gasteiger partial charge in [-0.05, 0) is 44.0 Å². The Morgan fingerprint density at radius 2 is 1.92 bits per heavy atom. The molecule has 6 nitrogen and oxygen atoms in total. The van der Waals surface area contributed by atoms with Gasteiger partial charge in [0, 0.05) is 24.3 Å². The number of amides is 1. The summed E-state index contributed by atoms with van der Waals surface area (Å²) < 4.78 is 2.18. The fourth-order valence-electron chi connectivity index (χ4n) is 3.08. The maximum absolute atomic E-state index is 10.5. The molecule has 0 atom stereocenters. The molecule has 0 bridgehead atoms. The number of fused-ring (bicyclic) bond motifs is 1. The van der Waals surface area contributed by atoms with E-state index in [1.54, 1.807) is 0 Å². The molecule has 1 aromatic carbocycles. The molecule has 0 aliphatic rings. The monoisotopic (exact) mass is 338 g/mol. The number of hydrogen-bond donors (Lipinski definition) is 2. The lowest BCUT2D eigenvalue weighted by Crippen LogP contribution is -2.23. The summed E-state index contributed by atoms with van der Waals surface area (Å²) in [7, 11) is 0. The van der Waals surface area contributed by atoms with Crippen molar-refractivity contribution in [2.45, 2.75) is 33.6 Å². The smallest absolute Gasteiger partial charge is 0.404 e. The summed E-state index contributed by atoms with van der Waals surface area (Å²) in [5.74, 6) is 1.01. The van der Waals surface area contributed by atoms with Gasteiger partial charge in [-0.1, -0.05) is 19.1 Å². The number of aryl methyl sites for hydroxylation is 3. The minimum atomic E-state index is -0.992. The molecule has 0 aliphatic heterocycles. The maximum Gasteiger partial charge on any atom is 0.404 e. The number of rotatable bonds is 5. The van der Waals surface area contributed by atoms with E-state index in [2.05, 4.69) is 40.0 Å². The van der Waals surface area contributed by atoms with Crippen LogP contribution >= 0.6 is 0 Å². The zero-order valence-corrected chi connectivity index (χ0v) is 14.7. The molecule has 1 amide bonds. The minimum Gasteiger partial charge on any atom is -0.465 e. The molecule has 130 valence electrons. The van der Waals surface area contributed by atoms with Crippen LogP contribution in [0.15, 0.2) is 30.3 Å². The van der Waals surface area contributed by atoms with E-state index in [9.17, 15) is 4.79 Å². The molecule has 2 aromatic heterocycles. The molecule has 25 heavy (non-hydrogen) atoms. The van der Waals surface area contributed by atoms with Gasteiger partial charge in [-0.15, -0.1) is 0 Å². The Hall–Kier alpha value is -2.89. The fourth-order valence-corrected chi connectivity index (χ4v) is 3.08. The van der Waals surface area contributed by atoms with Crippen LogP contribution in [0.25, 0.3) is 16.7 Å². The van der Waals surface area contributed by atoms with Crippen molar-refractivity contribution < 1.29 is 9.90 Å². The number of carbonyl (C=O) groups is 1. The van der Waals surface area contributed by atoms with E-state index < -0.39 is 6.09 Å². The highest BCUT2D eigenvalue weighted by Gasteiger charge is 2.14. The summed E-state index contributed by atoms with van der Waals surface area (Å²) in [6, 6.07) is 10.2. The van der Waals surface area contributed by atoms with Crippen molar-refractivity contribution in [1.29, 1.82) is 0 Å². The Morgan fingerprint density at radius 3 is 2.56 bits per heavy atom. The second kappa shape index (κ2) is 6.93. The summed E-state index contributed by atoms with van der Waals surface area (Å²) in [6.07, 6.45) is 0.505. The summed E-state index contributed by atoms with van der Waals surface area (Å²) in [6.45, 7) is 6.49. The largest absolute Gasteiger partial charge is 0.465 e. The minimum absolute atomic E-state index is 0.410. The number of nitrogens with one attached hydrogen (secondary N) is 1. The van der Waals surface area contributed by atoms with Crippen molar-refractivity contribution >= 4 is 17.1 Å². The van der Waals surface area contributed by atoms with Gasteiger partial charge in [0.05, 0.1) is 11.2 Å². The van der Waals surface area contributed by atoms with Gasteiger partial charge >= 0.3 is 6.09 Å². The Balaban J connectivity index is 1.97. The van der Waals surface area contributed by atoms with Crippen molar-refractivity contribution in [1.82, 2.24) is 19.9 Å². The van der Waals surface area contributed by atoms with Crippen LogP contribution in [0.3, 0.4) is 0 Å². The van der Waals surface area contributed by atoms with Crippen molar-refractivity contribution in [2.24, 2.45) is 0 Å². The SMILES string of the molecule is CCc1nc2c(C)nc(C)cc2n1-c1ccc(CCNC(=O)O)cc1. The first-order valence-electron chi connectivity index (χ1n) is 8.41. The highest BCUT2D eigenvalue weighted by molar-refractivity contribution is 5.80. The number of nitrogens with zero attached hydrogens (tertiary/aromatic N) is 3. The van der Waals surface area contributed by atoms with Crippen LogP contribution in [0.4, 0.5) is 4.79 Å². The van der Waals surface area contributed by atoms with Crippen LogP contribution in [0.2, 0.25) is 0 Å². The highest BCUT2D eigenvalue weighted by atomic mass is 16.4. The van der Waals surface area contributed by atoms with Crippen LogP contribution in [-0.2, 0) is 12.8 Å². The van der Waals surface area contributed by atoms with E-state index in [0.717, 1.165) is 45.9 Å². The third kappa shape index (κ3) is 3.47. The van der Waals surface area contributed by atoms with Crippen molar-refractivity contribution in [2.75, 3.05) is 6.54 Å². The van der Waals surface area contributed by atoms with Gasteiger partial charge in [0.1, 0.15) is 11.3 Å². The van der Waals surface area contributed by atoms with E-state index in [-0.39, 0.29) is 0 Å². The molecule has 0 radical (unpaired) electrons. The van der Waals surface area contributed by atoms with Crippen molar-refractivity contribution in [3.63, 3.8) is 0 Å². The Kier molecular flexibility index (Phi) is 4.70. The van der Waals surface area contributed by atoms with Crippen LogP contribution in [0.1, 0.15) is 29.7 Å². The average Bonchev–Trinajstić information content (AvgIpc) is 2.94. The van der Waals surface area contributed by atoms with Gasteiger partial charge < -0.3 is 10.4 Å². The van der Waals surface area contributed by atoms with E-state index >= 15 is 0 Å². The molecular weight excluding hydrogens is 316 g/mol. The quantitative estimate of drug-likeness (QED) is 0.747. The third-order valence-corrected chi connectivity index (χ3v) is 4.22. The number of hydrogen-bond acceptors (Lipinski definition) is 3. The summed E-state index contributed by atoms with van der Waals surface area (Å²) in [4.78, 5) is 19.8. The van der Waals surface area contributed by atoms with Crippen LogP contribution in [0.5, 0.6) is 0 Å². The van der Waals surface area contributed by atoms with Gasteiger partial charge in [0.15, 0.2) is 0 Å². The van der Waals surface area contributed by atoms with E-state index in [0.29, 0.717) is 13.0 Å². The Morgan fingerprint density at radius 1 is 1.20 bits per heavy atom. The molecule has 2 heterocycles. The second-order valence-electron chi connectivity index (χ2n) is 6.08. The third-order valence-electron chi connectivity index (χ3n) is 4.22. The van der Waals surface area contributed by atoms with Crippen LogP contribution < -0.4 is 5.32 Å². The first-order chi connectivity index (χ1) is 12.0. The standard InChI is InChI=1S/C19H22N4O2/c1-4-17-22-18-13(3)21-12(2)11-16(18)23(17)15-7-5-14(6-8-15)9-10-20-19(24)25/h5-8,11,20H,4,9-10H2,1-3H3,(H,24,25). The zero-order valence-electron chi connectivity index (χ0n) is 14.7. The molecule has 0 fully saturated rings. The molecule has 6 heteroatoms. The normalized spacial score (nSPS) is 11.0. The number of benzene rings is 1. The van der Waals surface area contributed by atoms with Crippen molar-refractivity contribution in [3.05, 3.63) is 53.1 Å². The van der Waals surface area contributed by atoms with Gasteiger partial charge in [0.2, 0.25) is 0 Å². The lowest BCUT2D eigenvalue weighted by Gasteiger charge is -2.10. The fraction of sp³-hybridized carbons (Fsp3) is 0.316. The van der Waals surface area contributed by atoms with Gasteiger partial charge in [0.25, 0.3) is 0 Å². The predicted octanol–water partition coefficient (Wildman–Crippen LogP) is 3.41. The number of imidazole rings is 1. The molecule has 0 aliphatic carbocycles. The maximum atomic E-state index is 10.5. The highest BCUT2D eigenvalue weighted by Crippen LogP contribution is 2.24. The molecule has 0 saturated heterocycles. The molecule has 0 saturated carbocycles. The second-order valence-corrected chi connectivity index (χ2v) is 6.08.